The molecule has 180 valence electrons. The lowest BCUT2D eigenvalue weighted by Crippen LogP contribution is -2.40. The van der Waals surface area contributed by atoms with Gasteiger partial charge in [0.15, 0.2) is 0 Å². The van der Waals surface area contributed by atoms with Crippen molar-refractivity contribution in [2.45, 2.75) is 25.7 Å². The zero-order valence-electron chi connectivity index (χ0n) is 19.8. The first kappa shape index (κ1) is 24.0. The first-order chi connectivity index (χ1) is 16.2. The number of carbonyl (C=O) groups is 1. The predicted molar refractivity (Wildman–Crippen MR) is 131 cm³/mol. The third-order valence-electron chi connectivity index (χ3n) is 5.92. The lowest BCUT2D eigenvalue weighted by Gasteiger charge is -2.26. The minimum absolute atomic E-state index is 0.0104. The Balaban J connectivity index is 1.70. The number of carbonyl (C=O) groups excluding carboxylic acids is 1. The predicted octanol–water partition coefficient (Wildman–Crippen LogP) is 3.68. The average molecular weight is 484 g/mol. The lowest BCUT2D eigenvalue weighted by molar-refractivity contribution is 0.0729. The summed E-state index contributed by atoms with van der Waals surface area (Å²) in [5.74, 6) is -0.106. The maximum absolute atomic E-state index is 13.4. The third kappa shape index (κ3) is 4.59. The molecule has 1 aliphatic rings. The highest BCUT2D eigenvalue weighted by Gasteiger charge is 2.30. The Morgan fingerprint density at radius 2 is 1.65 bits per heavy atom. The smallest absolute Gasteiger partial charge is 0.257 e. The number of nitrogens with zero attached hydrogens (tertiary/aromatic N) is 2. The Morgan fingerprint density at radius 1 is 0.971 bits per heavy atom. The molecule has 0 atom stereocenters. The number of methoxy groups -OCH3 is 1. The maximum atomic E-state index is 13.4. The number of sulfonamides is 1. The van der Waals surface area contributed by atoms with Crippen LogP contribution in [-0.4, -0.2) is 56.6 Å². The van der Waals surface area contributed by atoms with Crippen LogP contribution in [0.1, 0.15) is 27.3 Å². The largest absolute Gasteiger partial charge is 0.495 e. The van der Waals surface area contributed by atoms with Gasteiger partial charge in [0.1, 0.15) is 10.6 Å². The quantitative estimate of drug-likeness (QED) is 0.578. The highest BCUT2D eigenvalue weighted by molar-refractivity contribution is 7.89. The lowest BCUT2D eigenvalue weighted by atomic mass is 10.1. The topological polar surface area (TPSA) is 89.9 Å². The summed E-state index contributed by atoms with van der Waals surface area (Å²) >= 11 is 0. The molecule has 0 bridgehead atoms. The van der Waals surface area contributed by atoms with Gasteiger partial charge in [0, 0.05) is 30.2 Å². The molecule has 0 spiro atoms. The SMILES string of the molecule is COc1ccc(NC(=O)c2cc(C)ccc2-n2c(C)ccc2C)cc1S(=O)(=O)N1CCOCC1. The molecule has 3 aromatic rings. The fraction of sp³-hybridized carbons (Fsp3) is 0.320. The first-order valence-electron chi connectivity index (χ1n) is 11.1. The van der Waals surface area contributed by atoms with E-state index in [1.807, 2.05) is 55.7 Å². The summed E-state index contributed by atoms with van der Waals surface area (Å²) in [6, 6.07) is 14.4. The van der Waals surface area contributed by atoms with E-state index in [1.54, 1.807) is 12.1 Å². The van der Waals surface area contributed by atoms with Crippen molar-refractivity contribution in [3.05, 3.63) is 71.0 Å². The minimum Gasteiger partial charge on any atom is -0.495 e. The van der Waals surface area contributed by atoms with Crippen LogP contribution in [-0.2, 0) is 14.8 Å². The Kier molecular flexibility index (Phi) is 6.79. The second-order valence-electron chi connectivity index (χ2n) is 8.31. The molecule has 9 heteroatoms. The number of aromatic nitrogens is 1. The van der Waals surface area contributed by atoms with E-state index < -0.39 is 10.0 Å². The number of amides is 1. The molecule has 0 saturated carbocycles. The molecular formula is C25H29N3O5S. The van der Waals surface area contributed by atoms with Crippen molar-refractivity contribution in [1.82, 2.24) is 8.87 Å². The van der Waals surface area contributed by atoms with Crippen LogP contribution in [0.4, 0.5) is 5.69 Å². The summed E-state index contributed by atoms with van der Waals surface area (Å²) in [5, 5.41) is 2.88. The number of nitrogens with one attached hydrogen (secondary N) is 1. The van der Waals surface area contributed by atoms with Gasteiger partial charge in [-0.2, -0.15) is 4.31 Å². The molecule has 8 nitrogen and oxygen atoms in total. The van der Waals surface area contributed by atoms with Gasteiger partial charge < -0.3 is 19.4 Å². The number of morpholine rings is 1. The number of hydrogen-bond acceptors (Lipinski definition) is 5. The van der Waals surface area contributed by atoms with Gasteiger partial charge in [-0.3, -0.25) is 4.79 Å². The number of hydrogen-bond donors (Lipinski definition) is 1. The summed E-state index contributed by atoms with van der Waals surface area (Å²) in [4.78, 5) is 13.4. The maximum Gasteiger partial charge on any atom is 0.257 e. The molecular weight excluding hydrogens is 454 g/mol. The van der Waals surface area contributed by atoms with Gasteiger partial charge >= 0.3 is 0 Å². The van der Waals surface area contributed by atoms with Crippen LogP contribution in [0.2, 0.25) is 0 Å². The fourth-order valence-corrected chi connectivity index (χ4v) is 5.75. The van der Waals surface area contributed by atoms with Gasteiger partial charge in [-0.1, -0.05) is 11.6 Å². The molecule has 1 amide bonds. The molecule has 1 aromatic heterocycles. The van der Waals surface area contributed by atoms with Gasteiger partial charge in [-0.15, -0.1) is 0 Å². The van der Waals surface area contributed by atoms with E-state index in [0.29, 0.717) is 24.5 Å². The highest BCUT2D eigenvalue weighted by Crippen LogP contribution is 2.31. The average Bonchev–Trinajstić information content (AvgIpc) is 3.17. The van der Waals surface area contributed by atoms with Gasteiger partial charge in [0.25, 0.3) is 5.91 Å². The summed E-state index contributed by atoms with van der Waals surface area (Å²) in [7, 11) is -2.39. The van der Waals surface area contributed by atoms with Crippen LogP contribution in [0.25, 0.3) is 5.69 Å². The fourth-order valence-electron chi connectivity index (χ4n) is 4.16. The molecule has 0 radical (unpaired) electrons. The van der Waals surface area contributed by atoms with Crippen LogP contribution in [0.15, 0.2) is 53.4 Å². The number of rotatable bonds is 6. The minimum atomic E-state index is -3.82. The van der Waals surface area contributed by atoms with Crippen LogP contribution in [0, 0.1) is 20.8 Å². The number of anilines is 1. The van der Waals surface area contributed by atoms with E-state index in [4.69, 9.17) is 9.47 Å². The zero-order chi connectivity index (χ0) is 24.5. The van der Waals surface area contributed by atoms with Crippen molar-refractivity contribution in [1.29, 1.82) is 0 Å². The molecule has 1 fully saturated rings. The van der Waals surface area contributed by atoms with Gasteiger partial charge in [0.05, 0.1) is 31.6 Å². The molecule has 0 aliphatic carbocycles. The van der Waals surface area contributed by atoms with E-state index in [1.165, 1.54) is 17.5 Å². The summed E-state index contributed by atoms with van der Waals surface area (Å²) in [5.41, 5.74) is 4.60. The van der Waals surface area contributed by atoms with Crippen LogP contribution >= 0.6 is 0 Å². The highest BCUT2D eigenvalue weighted by atomic mass is 32.2. The van der Waals surface area contributed by atoms with Crippen molar-refractivity contribution in [2.75, 3.05) is 38.7 Å². The van der Waals surface area contributed by atoms with Gasteiger partial charge in [-0.05, 0) is 63.2 Å². The molecule has 1 aliphatic heterocycles. The standard InChI is InChI=1S/C25H29N3O5S/c1-17-5-9-22(28-18(2)6-7-19(28)3)21(15-17)25(29)26-20-8-10-23(32-4)24(16-20)34(30,31)27-11-13-33-14-12-27/h5-10,15-16H,11-14H2,1-4H3,(H,26,29). The van der Waals surface area contributed by atoms with E-state index >= 15 is 0 Å². The van der Waals surface area contributed by atoms with E-state index in [2.05, 4.69) is 5.32 Å². The number of ether oxygens (including phenoxy) is 2. The van der Waals surface area contributed by atoms with Gasteiger partial charge in [0.2, 0.25) is 10.0 Å². The number of benzene rings is 2. The van der Waals surface area contributed by atoms with Crippen LogP contribution < -0.4 is 10.1 Å². The Hall–Kier alpha value is -3.14. The van der Waals surface area contributed by atoms with Crippen molar-refractivity contribution in [2.24, 2.45) is 0 Å². The van der Waals surface area contributed by atoms with Crippen molar-refractivity contribution < 1.29 is 22.7 Å². The summed E-state index contributed by atoms with van der Waals surface area (Å²) in [6.45, 7) is 7.12. The first-order valence-corrected chi connectivity index (χ1v) is 12.5. The van der Waals surface area contributed by atoms with Crippen molar-refractivity contribution in [3.8, 4) is 11.4 Å². The molecule has 0 unspecified atom stereocenters. The van der Waals surface area contributed by atoms with E-state index in [-0.39, 0.29) is 29.6 Å². The molecule has 4 rings (SSSR count). The van der Waals surface area contributed by atoms with E-state index in [9.17, 15) is 13.2 Å². The zero-order valence-corrected chi connectivity index (χ0v) is 20.6. The Labute approximate surface area is 200 Å². The summed E-state index contributed by atoms with van der Waals surface area (Å²) in [6.07, 6.45) is 0. The normalized spacial score (nSPS) is 14.7. The molecule has 2 heterocycles. The third-order valence-corrected chi connectivity index (χ3v) is 7.84. The van der Waals surface area contributed by atoms with Crippen LogP contribution in [0.5, 0.6) is 5.75 Å². The second kappa shape index (κ2) is 9.61. The van der Waals surface area contributed by atoms with Crippen LogP contribution in [0.3, 0.4) is 0 Å². The van der Waals surface area contributed by atoms with Gasteiger partial charge in [-0.25, -0.2) is 8.42 Å². The Morgan fingerprint density at radius 3 is 2.29 bits per heavy atom. The van der Waals surface area contributed by atoms with E-state index in [0.717, 1.165) is 22.6 Å². The van der Waals surface area contributed by atoms with Crippen molar-refractivity contribution in [3.63, 3.8) is 0 Å². The monoisotopic (exact) mass is 483 g/mol. The number of aryl methyl sites for hydroxylation is 3. The molecule has 34 heavy (non-hydrogen) atoms. The summed E-state index contributed by atoms with van der Waals surface area (Å²) < 4.78 is 40.6. The molecule has 1 N–H and O–H groups in total. The molecule has 1 saturated heterocycles. The second-order valence-corrected chi connectivity index (χ2v) is 10.2. The molecule has 2 aromatic carbocycles. The van der Waals surface area contributed by atoms with Crippen molar-refractivity contribution >= 4 is 21.6 Å². The Bertz CT molecular complexity index is 1300.